The highest BCUT2D eigenvalue weighted by atomic mass is 19.1. The fourth-order valence-electron chi connectivity index (χ4n) is 2.23. The molecule has 106 valence electrons. The van der Waals surface area contributed by atoms with Crippen molar-refractivity contribution in [1.82, 2.24) is 9.78 Å². The van der Waals surface area contributed by atoms with Gasteiger partial charge in [0, 0.05) is 23.4 Å². The van der Waals surface area contributed by atoms with Crippen molar-refractivity contribution >= 4 is 0 Å². The van der Waals surface area contributed by atoms with Gasteiger partial charge in [0.15, 0.2) is 0 Å². The van der Waals surface area contributed by atoms with Gasteiger partial charge in [-0.3, -0.25) is 0 Å². The van der Waals surface area contributed by atoms with Crippen LogP contribution in [0.1, 0.15) is 18.5 Å². The SMILES string of the molecule is CC(N)c1ccc(F)c(-c2cnn(-c3ccccc3)c2)c1. The minimum absolute atomic E-state index is 0.131. The highest BCUT2D eigenvalue weighted by Gasteiger charge is 2.11. The number of rotatable bonds is 3. The largest absolute Gasteiger partial charge is 0.324 e. The average molecular weight is 281 g/mol. The summed E-state index contributed by atoms with van der Waals surface area (Å²) in [5.74, 6) is -0.271. The van der Waals surface area contributed by atoms with Crippen molar-refractivity contribution in [2.75, 3.05) is 0 Å². The van der Waals surface area contributed by atoms with Gasteiger partial charge in [0.05, 0.1) is 11.9 Å². The molecule has 4 heteroatoms. The second-order valence-electron chi connectivity index (χ2n) is 5.04. The molecule has 2 N–H and O–H groups in total. The number of aromatic nitrogens is 2. The lowest BCUT2D eigenvalue weighted by Gasteiger charge is -2.08. The van der Waals surface area contributed by atoms with Gasteiger partial charge >= 0.3 is 0 Å². The van der Waals surface area contributed by atoms with E-state index in [1.54, 1.807) is 23.0 Å². The summed E-state index contributed by atoms with van der Waals surface area (Å²) in [5, 5.41) is 4.30. The van der Waals surface area contributed by atoms with E-state index in [4.69, 9.17) is 5.73 Å². The number of hydrogen-bond donors (Lipinski definition) is 1. The van der Waals surface area contributed by atoms with Gasteiger partial charge < -0.3 is 5.73 Å². The molecule has 0 bridgehead atoms. The van der Waals surface area contributed by atoms with Gasteiger partial charge in [-0.15, -0.1) is 0 Å². The molecule has 0 amide bonds. The fraction of sp³-hybridized carbons (Fsp3) is 0.118. The first-order valence-electron chi connectivity index (χ1n) is 6.80. The zero-order valence-corrected chi connectivity index (χ0v) is 11.7. The van der Waals surface area contributed by atoms with E-state index in [1.165, 1.54) is 6.07 Å². The van der Waals surface area contributed by atoms with E-state index in [2.05, 4.69) is 5.10 Å². The zero-order valence-electron chi connectivity index (χ0n) is 11.7. The molecule has 3 aromatic rings. The minimum atomic E-state index is -0.271. The van der Waals surface area contributed by atoms with Gasteiger partial charge in [-0.2, -0.15) is 5.10 Å². The lowest BCUT2D eigenvalue weighted by Crippen LogP contribution is -2.05. The van der Waals surface area contributed by atoms with Crippen LogP contribution < -0.4 is 5.73 Å². The second-order valence-corrected chi connectivity index (χ2v) is 5.04. The van der Waals surface area contributed by atoms with Crippen LogP contribution in [0.3, 0.4) is 0 Å². The molecule has 0 radical (unpaired) electrons. The maximum absolute atomic E-state index is 14.1. The molecule has 0 spiro atoms. The molecular formula is C17H16FN3. The molecule has 0 aliphatic carbocycles. The number of hydrogen-bond acceptors (Lipinski definition) is 2. The summed E-state index contributed by atoms with van der Waals surface area (Å²) in [6.07, 6.45) is 3.48. The van der Waals surface area contributed by atoms with Crippen molar-refractivity contribution in [1.29, 1.82) is 0 Å². The number of benzene rings is 2. The van der Waals surface area contributed by atoms with Gasteiger partial charge in [0.25, 0.3) is 0 Å². The van der Waals surface area contributed by atoms with Crippen molar-refractivity contribution in [3.8, 4) is 16.8 Å². The Bertz CT molecular complexity index is 748. The van der Waals surface area contributed by atoms with E-state index in [9.17, 15) is 4.39 Å². The van der Waals surface area contributed by atoms with E-state index >= 15 is 0 Å². The predicted octanol–water partition coefficient (Wildman–Crippen LogP) is 3.70. The number of para-hydroxylation sites is 1. The van der Waals surface area contributed by atoms with Gasteiger partial charge in [-0.25, -0.2) is 9.07 Å². The zero-order chi connectivity index (χ0) is 14.8. The summed E-state index contributed by atoms with van der Waals surface area (Å²) >= 11 is 0. The maximum atomic E-state index is 14.1. The third kappa shape index (κ3) is 2.71. The Labute approximate surface area is 122 Å². The van der Waals surface area contributed by atoms with Crippen molar-refractivity contribution < 1.29 is 4.39 Å². The van der Waals surface area contributed by atoms with Crippen LogP contribution in [0.2, 0.25) is 0 Å². The van der Waals surface area contributed by atoms with E-state index in [0.29, 0.717) is 5.56 Å². The van der Waals surface area contributed by atoms with E-state index in [-0.39, 0.29) is 11.9 Å². The Hall–Kier alpha value is -2.46. The van der Waals surface area contributed by atoms with Crippen LogP contribution in [-0.2, 0) is 0 Å². The lowest BCUT2D eigenvalue weighted by molar-refractivity contribution is 0.629. The molecule has 0 aliphatic rings. The summed E-state index contributed by atoms with van der Waals surface area (Å²) < 4.78 is 15.8. The monoisotopic (exact) mass is 281 g/mol. The van der Waals surface area contributed by atoms with Gasteiger partial charge in [0.1, 0.15) is 5.82 Å². The first-order valence-corrected chi connectivity index (χ1v) is 6.80. The second kappa shape index (κ2) is 5.50. The Balaban J connectivity index is 2.02. The maximum Gasteiger partial charge on any atom is 0.131 e. The van der Waals surface area contributed by atoms with Gasteiger partial charge in [0.2, 0.25) is 0 Å². The molecule has 0 saturated heterocycles. The van der Waals surface area contributed by atoms with Crippen LogP contribution in [0.25, 0.3) is 16.8 Å². The lowest BCUT2D eigenvalue weighted by atomic mass is 10.0. The van der Waals surface area contributed by atoms with E-state index < -0.39 is 0 Å². The van der Waals surface area contributed by atoms with E-state index in [0.717, 1.165) is 16.8 Å². The van der Waals surface area contributed by atoms with Crippen LogP contribution in [0.4, 0.5) is 4.39 Å². The Kier molecular flexibility index (Phi) is 3.54. The van der Waals surface area contributed by atoms with Crippen LogP contribution in [-0.4, -0.2) is 9.78 Å². The molecule has 2 aromatic carbocycles. The molecule has 1 atom stereocenters. The first-order chi connectivity index (χ1) is 10.1. The van der Waals surface area contributed by atoms with Crippen molar-refractivity contribution in [2.24, 2.45) is 5.73 Å². The molecule has 0 aliphatic heterocycles. The molecule has 1 unspecified atom stereocenters. The molecule has 1 heterocycles. The molecule has 0 fully saturated rings. The number of halogens is 1. The molecular weight excluding hydrogens is 265 g/mol. The van der Waals surface area contributed by atoms with Crippen LogP contribution in [0.15, 0.2) is 60.9 Å². The summed E-state index contributed by atoms with van der Waals surface area (Å²) in [5.41, 5.74) is 8.96. The summed E-state index contributed by atoms with van der Waals surface area (Å²) in [6, 6.07) is 14.5. The van der Waals surface area contributed by atoms with Crippen molar-refractivity contribution in [3.63, 3.8) is 0 Å². The summed E-state index contributed by atoms with van der Waals surface area (Å²) in [4.78, 5) is 0. The highest BCUT2D eigenvalue weighted by molar-refractivity contribution is 5.64. The smallest absolute Gasteiger partial charge is 0.131 e. The Morgan fingerprint density at radius 3 is 2.62 bits per heavy atom. The van der Waals surface area contributed by atoms with Crippen LogP contribution in [0.5, 0.6) is 0 Å². The fourth-order valence-corrected chi connectivity index (χ4v) is 2.23. The third-order valence-corrected chi connectivity index (χ3v) is 3.43. The van der Waals surface area contributed by atoms with Crippen LogP contribution >= 0.6 is 0 Å². The van der Waals surface area contributed by atoms with Crippen molar-refractivity contribution in [2.45, 2.75) is 13.0 Å². The Morgan fingerprint density at radius 2 is 1.90 bits per heavy atom. The summed E-state index contributed by atoms with van der Waals surface area (Å²) in [6.45, 7) is 1.88. The quantitative estimate of drug-likeness (QED) is 0.795. The minimum Gasteiger partial charge on any atom is -0.324 e. The van der Waals surface area contributed by atoms with Gasteiger partial charge in [-0.1, -0.05) is 24.3 Å². The molecule has 3 nitrogen and oxygen atoms in total. The number of nitrogens with zero attached hydrogens (tertiary/aromatic N) is 2. The normalized spacial score (nSPS) is 12.3. The van der Waals surface area contributed by atoms with Crippen molar-refractivity contribution in [3.05, 3.63) is 72.3 Å². The van der Waals surface area contributed by atoms with Gasteiger partial charge in [-0.05, 0) is 36.8 Å². The standard InChI is InChI=1S/C17H16FN3/c1-12(19)13-7-8-17(18)16(9-13)14-10-20-21(11-14)15-5-3-2-4-6-15/h2-12H,19H2,1H3. The average Bonchev–Trinajstić information content (AvgIpc) is 2.98. The molecule has 3 rings (SSSR count). The topological polar surface area (TPSA) is 43.8 Å². The van der Waals surface area contributed by atoms with E-state index in [1.807, 2.05) is 43.5 Å². The Morgan fingerprint density at radius 1 is 1.14 bits per heavy atom. The molecule has 1 aromatic heterocycles. The third-order valence-electron chi connectivity index (χ3n) is 3.43. The molecule has 21 heavy (non-hydrogen) atoms. The molecule has 0 saturated carbocycles. The number of nitrogens with two attached hydrogens (primary N) is 1. The summed E-state index contributed by atoms with van der Waals surface area (Å²) in [7, 11) is 0. The first kappa shape index (κ1) is 13.5. The predicted molar refractivity (Wildman–Crippen MR) is 81.6 cm³/mol. The highest BCUT2D eigenvalue weighted by Crippen LogP contribution is 2.26. The van der Waals surface area contributed by atoms with Crippen LogP contribution in [0, 0.1) is 5.82 Å².